The number of nitrogens with zero attached hydrogens (tertiary/aromatic N) is 1. The van der Waals surface area contributed by atoms with Crippen molar-refractivity contribution in [1.82, 2.24) is 4.90 Å². The van der Waals surface area contributed by atoms with Crippen LogP contribution in [0.5, 0.6) is 0 Å². The van der Waals surface area contributed by atoms with Crippen molar-refractivity contribution in [2.75, 3.05) is 13.2 Å². The van der Waals surface area contributed by atoms with Crippen molar-refractivity contribution in [3.63, 3.8) is 0 Å². The molecule has 0 spiro atoms. The molecule has 0 aromatic heterocycles. The van der Waals surface area contributed by atoms with Gasteiger partial charge in [0.1, 0.15) is 0 Å². The fourth-order valence-electron chi connectivity index (χ4n) is 3.32. The summed E-state index contributed by atoms with van der Waals surface area (Å²) in [7, 11) is 0. The summed E-state index contributed by atoms with van der Waals surface area (Å²) in [6.07, 6.45) is 2.32. The number of hydrogen-bond donors (Lipinski definition) is 1. The maximum absolute atomic E-state index is 9.92. The van der Waals surface area contributed by atoms with Crippen LogP contribution in [0.2, 0.25) is 0 Å². The molecule has 0 saturated carbocycles. The summed E-state index contributed by atoms with van der Waals surface area (Å²) in [6.45, 7) is 1.19. The van der Waals surface area contributed by atoms with E-state index in [1.807, 2.05) is 24.3 Å². The second-order valence-corrected chi connectivity index (χ2v) is 6.38. The Hall–Kier alpha value is -1.16. The third kappa shape index (κ3) is 3.05. The highest BCUT2D eigenvalue weighted by molar-refractivity contribution is 9.10. The monoisotopic (exact) mass is 345 g/mol. The lowest BCUT2D eigenvalue weighted by atomic mass is 10.0. The Kier molecular flexibility index (Phi) is 4.73. The van der Waals surface area contributed by atoms with E-state index in [0.717, 1.165) is 17.4 Å². The average molecular weight is 346 g/mol. The molecule has 3 rings (SSSR count). The van der Waals surface area contributed by atoms with Crippen LogP contribution in [-0.4, -0.2) is 23.2 Å². The molecule has 0 aliphatic carbocycles. The fourth-order valence-corrected chi connectivity index (χ4v) is 3.87. The molecule has 0 bridgehead atoms. The Morgan fingerprint density at radius 2 is 1.81 bits per heavy atom. The highest BCUT2D eigenvalue weighted by Crippen LogP contribution is 2.40. The van der Waals surface area contributed by atoms with Crippen LogP contribution in [0, 0.1) is 0 Å². The van der Waals surface area contributed by atoms with Crippen LogP contribution in [-0.2, 0) is 0 Å². The number of halogens is 1. The number of likely N-dealkylation sites (tertiary alicyclic amines) is 1. The number of hydrogen-bond acceptors (Lipinski definition) is 2. The molecule has 1 aliphatic heterocycles. The lowest BCUT2D eigenvalue weighted by molar-refractivity contribution is 0.112. The van der Waals surface area contributed by atoms with Crippen molar-refractivity contribution < 1.29 is 5.11 Å². The minimum Gasteiger partial charge on any atom is -0.394 e. The van der Waals surface area contributed by atoms with Gasteiger partial charge in [0.25, 0.3) is 0 Å². The largest absolute Gasteiger partial charge is 0.394 e. The predicted molar refractivity (Wildman–Crippen MR) is 89.1 cm³/mol. The molecule has 110 valence electrons. The minimum atomic E-state index is 0.0748. The predicted octanol–water partition coefficient (Wildman–Crippen LogP) is 4.32. The molecule has 1 heterocycles. The molecule has 2 aromatic carbocycles. The normalized spacial score (nSPS) is 20.6. The average Bonchev–Trinajstić information content (AvgIpc) is 2.99. The first-order chi connectivity index (χ1) is 10.3. The van der Waals surface area contributed by atoms with Crippen molar-refractivity contribution in [2.24, 2.45) is 0 Å². The van der Waals surface area contributed by atoms with E-state index in [1.54, 1.807) is 0 Å². The smallest absolute Gasteiger partial charge is 0.0628 e. The van der Waals surface area contributed by atoms with Gasteiger partial charge in [0, 0.05) is 10.5 Å². The van der Waals surface area contributed by atoms with Crippen molar-refractivity contribution in [3.8, 4) is 0 Å². The van der Waals surface area contributed by atoms with E-state index < -0.39 is 0 Å². The third-order valence-corrected chi connectivity index (χ3v) is 5.04. The quantitative estimate of drug-likeness (QED) is 0.891. The lowest BCUT2D eigenvalue weighted by Gasteiger charge is -2.33. The van der Waals surface area contributed by atoms with Crippen molar-refractivity contribution >= 4 is 15.9 Å². The maximum atomic E-state index is 9.92. The molecule has 2 aromatic rings. The van der Waals surface area contributed by atoms with Gasteiger partial charge in [-0.15, -0.1) is 0 Å². The van der Waals surface area contributed by atoms with Crippen molar-refractivity contribution in [3.05, 3.63) is 70.2 Å². The van der Waals surface area contributed by atoms with Gasteiger partial charge in [-0.1, -0.05) is 64.5 Å². The van der Waals surface area contributed by atoms with Gasteiger partial charge in [0.2, 0.25) is 0 Å². The highest BCUT2D eigenvalue weighted by atomic mass is 79.9. The molecule has 2 atom stereocenters. The Balaban J connectivity index is 1.91. The minimum absolute atomic E-state index is 0.0748. The molecule has 21 heavy (non-hydrogen) atoms. The second kappa shape index (κ2) is 6.73. The first-order valence-electron chi connectivity index (χ1n) is 7.47. The summed E-state index contributed by atoms with van der Waals surface area (Å²) in [5.74, 6) is 0. The summed E-state index contributed by atoms with van der Waals surface area (Å²) < 4.78 is 1.16. The van der Waals surface area contributed by atoms with Crippen LogP contribution < -0.4 is 0 Å². The molecule has 2 nitrogen and oxygen atoms in total. The number of aliphatic hydroxyl groups excluding tert-OH is 1. The van der Waals surface area contributed by atoms with Crippen LogP contribution in [0.4, 0.5) is 0 Å². The molecule has 0 unspecified atom stereocenters. The van der Waals surface area contributed by atoms with Gasteiger partial charge < -0.3 is 5.11 Å². The zero-order valence-corrected chi connectivity index (χ0v) is 13.5. The summed E-state index contributed by atoms with van der Waals surface area (Å²) in [4.78, 5) is 2.44. The molecule has 0 amide bonds. The van der Waals surface area contributed by atoms with Gasteiger partial charge >= 0.3 is 0 Å². The van der Waals surface area contributed by atoms with Gasteiger partial charge in [0.05, 0.1) is 12.6 Å². The molecule has 1 saturated heterocycles. The van der Waals surface area contributed by atoms with Crippen LogP contribution in [0.15, 0.2) is 59.1 Å². The number of rotatable bonds is 4. The molecule has 1 fully saturated rings. The molecule has 0 radical (unpaired) electrons. The molecule has 1 N–H and O–H groups in total. The Morgan fingerprint density at radius 3 is 2.52 bits per heavy atom. The van der Waals surface area contributed by atoms with Gasteiger partial charge in [-0.05, 0) is 36.6 Å². The first-order valence-corrected chi connectivity index (χ1v) is 8.26. The molecule has 1 aliphatic rings. The topological polar surface area (TPSA) is 23.5 Å². The lowest BCUT2D eigenvalue weighted by Crippen LogP contribution is -2.31. The molecular weight excluding hydrogens is 326 g/mol. The van der Waals surface area contributed by atoms with Crippen LogP contribution in [0.1, 0.15) is 36.1 Å². The third-order valence-electron chi connectivity index (χ3n) is 4.32. The number of aliphatic hydroxyl groups is 1. The Labute approximate surface area is 134 Å². The van der Waals surface area contributed by atoms with Crippen LogP contribution in [0.25, 0.3) is 0 Å². The fraction of sp³-hybridized carbons (Fsp3) is 0.333. The zero-order valence-electron chi connectivity index (χ0n) is 12.0. The SMILES string of the molecule is OC[C@@H](c1ccccc1)N1CCC[C@H]1c1ccccc1Br. The van der Waals surface area contributed by atoms with Gasteiger partial charge in [-0.25, -0.2) is 0 Å². The van der Waals surface area contributed by atoms with E-state index in [-0.39, 0.29) is 12.6 Å². The standard InChI is InChI=1S/C18H20BrNO/c19-16-10-5-4-9-15(16)17-11-6-12-20(17)18(13-21)14-7-2-1-3-8-14/h1-5,7-10,17-18,21H,6,11-13H2/t17-,18-/m0/s1. The molecule has 3 heteroatoms. The maximum Gasteiger partial charge on any atom is 0.0628 e. The molecular formula is C18H20BrNO. The van der Waals surface area contributed by atoms with Gasteiger partial charge in [0.15, 0.2) is 0 Å². The Morgan fingerprint density at radius 1 is 1.10 bits per heavy atom. The zero-order chi connectivity index (χ0) is 14.7. The van der Waals surface area contributed by atoms with Gasteiger partial charge in [-0.2, -0.15) is 0 Å². The highest BCUT2D eigenvalue weighted by Gasteiger charge is 2.32. The van der Waals surface area contributed by atoms with Gasteiger partial charge in [-0.3, -0.25) is 4.90 Å². The van der Waals surface area contributed by atoms with Crippen molar-refractivity contribution in [1.29, 1.82) is 0 Å². The van der Waals surface area contributed by atoms with E-state index in [2.05, 4.69) is 51.2 Å². The van der Waals surface area contributed by atoms with E-state index in [9.17, 15) is 5.11 Å². The van der Waals surface area contributed by atoms with E-state index >= 15 is 0 Å². The first kappa shape index (κ1) is 14.8. The summed E-state index contributed by atoms with van der Waals surface area (Å²) >= 11 is 3.67. The summed E-state index contributed by atoms with van der Waals surface area (Å²) in [5.41, 5.74) is 2.52. The number of benzene rings is 2. The Bertz CT molecular complexity index is 587. The van der Waals surface area contributed by atoms with Crippen molar-refractivity contribution in [2.45, 2.75) is 24.9 Å². The summed E-state index contributed by atoms with van der Waals surface area (Å²) in [6, 6.07) is 19.2. The second-order valence-electron chi connectivity index (χ2n) is 5.53. The van der Waals surface area contributed by atoms with E-state index in [1.165, 1.54) is 17.5 Å². The van der Waals surface area contributed by atoms with E-state index in [4.69, 9.17) is 0 Å². The van der Waals surface area contributed by atoms with E-state index in [0.29, 0.717) is 6.04 Å². The van der Waals surface area contributed by atoms with Crippen LogP contribution in [0.3, 0.4) is 0 Å². The van der Waals surface area contributed by atoms with Crippen LogP contribution >= 0.6 is 15.9 Å². The summed E-state index contributed by atoms with van der Waals surface area (Å²) in [5, 5.41) is 9.92.